The first-order valence-electron chi connectivity index (χ1n) is 8.72. The molecular formula is C22H23FN2O. The van der Waals surface area contributed by atoms with E-state index in [2.05, 4.69) is 29.6 Å². The molecule has 0 aliphatic rings. The number of fused-ring (bicyclic) bond motifs is 1. The van der Waals surface area contributed by atoms with Gasteiger partial charge in [-0.3, -0.25) is 4.79 Å². The van der Waals surface area contributed by atoms with Crippen LogP contribution in [0.5, 0.6) is 0 Å². The van der Waals surface area contributed by atoms with Crippen LogP contribution in [0.25, 0.3) is 10.8 Å². The molecule has 0 saturated heterocycles. The van der Waals surface area contributed by atoms with Crippen LogP contribution in [0.4, 0.5) is 4.39 Å². The van der Waals surface area contributed by atoms with Crippen molar-refractivity contribution >= 4 is 16.7 Å². The lowest BCUT2D eigenvalue weighted by Crippen LogP contribution is -2.26. The number of amides is 1. The molecule has 3 aromatic carbocycles. The Bertz CT molecular complexity index is 916. The van der Waals surface area contributed by atoms with E-state index >= 15 is 0 Å². The van der Waals surface area contributed by atoms with Gasteiger partial charge in [-0.15, -0.1) is 0 Å². The van der Waals surface area contributed by atoms with Gasteiger partial charge in [-0.25, -0.2) is 4.39 Å². The molecule has 0 spiro atoms. The van der Waals surface area contributed by atoms with Gasteiger partial charge in [-0.1, -0.05) is 42.5 Å². The van der Waals surface area contributed by atoms with Gasteiger partial charge in [0.2, 0.25) is 0 Å². The lowest BCUT2D eigenvalue weighted by Gasteiger charge is -2.12. The predicted octanol–water partition coefficient (Wildman–Crippen LogP) is 4.01. The van der Waals surface area contributed by atoms with E-state index in [0.29, 0.717) is 24.2 Å². The van der Waals surface area contributed by atoms with Crippen molar-refractivity contribution < 1.29 is 9.18 Å². The molecule has 134 valence electrons. The SMILES string of the molecule is CN(C)Cc1cc(C(=O)NCCc2cccc3ccccc23)ccc1F. The Kier molecular flexibility index (Phi) is 5.64. The zero-order valence-corrected chi connectivity index (χ0v) is 15.1. The molecule has 4 heteroatoms. The van der Waals surface area contributed by atoms with Crippen LogP contribution in [0.3, 0.4) is 0 Å². The van der Waals surface area contributed by atoms with Crippen LogP contribution in [0, 0.1) is 5.82 Å². The Morgan fingerprint density at radius 2 is 1.77 bits per heavy atom. The number of hydrogen-bond acceptors (Lipinski definition) is 2. The van der Waals surface area contributed by atoms with Crippen molar-refractivity contribution in [3.63, 3.8) is 0 Å². The highest BCUT2D eigenvalue weighted by Gasteiger charge is 2.10. The molecule has 0 heterocycles. The lowest BCUT2D eigenvalue weighted by molar-refractivity contribution is 0.0954. The molecule has 1 amide bonds. The summed E-state index contributed by atoms with van der Waals surface area (Å²) in [6, 6.07) is 18.9. The summed E-state index contributed by atoms with van der Waals surface area (Å²) < 4.78 is 13.9. The Morgan fingerprint density at radius 3 is 2.58 bits per heavy atom. The van der Waals surface area contributed by atoms with Crippen LogP contribution < -0.4 is 5.32 Å². The number of nitrogens with one attached hydrogen (secondary N) is 1. The number of nitrogens with zero attached hydrogens (tertiary/aromatic N) is 1. The van der Waals surface area contributed by atoms with Gasteiger partial charge in [-0.05, 0) is 55.1 Å². The molecule has 0 fully saturated rings. The fourth-order valence-electron chi connectivity index (χ4n) is 3.10. The number of carbonyl (C=O) groups is 1. The molecule has 0 atom stereocenters. The van der Waals surface area contributed by atoms with Crippen molar-refractivity contribution in [1.29, 1.82) is 0 Å². The van der Waals surface area contributed by atoms with Crippen molar-refractivity contribution in [3.8, 4) is 0 Å². The third-order valence-corrected chi connectivity index (χ3v) is 4.35. The molecular weight excluding hydrogens is 327 g/mol. The quantitative estimate of drug-likeness (QED) is 0.728. The molecule has 26 heavy (non-hydrogen) atoms. The molecule has 3 nitrogen and oxygen atoms in total. The number of halogens is 1. The molecule has 0 aliphatic heterocycles. The van der Waals surface area contributed by atoms with Crippen LogP contribution in [0.2, 0.25) is 0 Å². The van der Waals surface area contributed by atoms with Gasteiger partial charge in [0.05, 0.1) is 0 Å². The summed E-state index contributed by atoms with van der Waals surface area (Å²) in [7, 11) is 3.74. The molecule has 0 aromatic heterocycles. The molecule has 0 aliphatic carbocycles. The van der Waals surface area contributed by atoms with Gasteiger partial charge >= 0.3 is 0 Å². The fraction of sp³-hybridized carbons (Fsp3) is 0.227. The maximum absolute atomic E-state index is 13.9. The van der Waals surface area contributed by atoms with E-state index in [4.69, 9.17) is 0 Å². The van der Waals surface area contributed by atoms with Gasteiger partial charge < -0.3 is 10.2 Å². The fourth-order valence-corrected chi connectivity index (χ4v) is 3.10. The molecule has 0 unspecified atom stereocenters. The van der Waals surface area contributed by atoms with Crippen molar-refractivity contribution in [3.05, 3.63) is 83.2 Å². The van der Waals surface area contributed by atoms with Crippen LogP contribution >= 0.6 is 0 Å². The highest BCUT2D eigenvalue weighted by atomic mass is 19.1. The Balaban J connectivity index is 1.65. The summed E-state index contributed by atoms with van der Waals surface area (Å²) in [6.07, 6.45) is 0.749. The van der Waals surface area contributed by atoms with Crippen molar-refractivity contribution in [2.24, 2.45) is 0 Å². The summed E-state index contributed by atoms with van der Waals surface area (Å²) in [5.74, 6) is -0.462. The third kappa shape index (κ3) is 4.27. The van der Waals surface area contributed by atoms with Crippen LogP contribution in [0.15, 0.2) is 60.7 Å². The number of benzene rings is 3. The first kappa shape index (κ1) is 18.1. The third-order valence-electron chi connectivity index (χ3n) is 4.35. The molecule has 3 rings (SSSR count). The van der Waals surface area contributed by atoms with Crippen molar-refractivity contribution in [2.75, 3.05) is 20.6 Å². The monoisotopic (exact) mass is 350 g/mol. The number of hydrogen-bond donors (Lipinski definition) is 1. The van der Waals surface area contributed by atoms with Gasteiger partial charge in [0.25, 0.3) is 5.91 Å². The summed E-state index contributed by atoms with van der Waals surface area (Å²) in [6.45, 7) is 0.996. The van der Waals surface area contributed by atoms with Crippen LogP contribution in [-0.4, -0.2) is 31.4 Å². The summed E-state index contributed by atoms with van der Waals surface area (Å²) in [4.78, 5) is 14.3. The minimum Gasteiger partial charge on any atom is -0.352 e. The van der Waals surface area contributed by atoms with E-state index in [-0.39, 0.29) is 11.7 Å². The highest BCUT2D eigenvalue weighted by Crippen LogP contribution is 2.18. The molecule has 1 N–H and O–H groups in total. The van der Waals surface area contributed by atoms with Crippen molar-refractivity contribution in [1.82, 2.24) is 10.2 Å². The highest BCUT2D eigenvalue weighted by molar-refractivity contribution is 5.94. The second-order valence-corrected chi connectivity index (χ2v) is 6.69. The van der Waals surface area contributed by atoms with E-state index in [1.165, 1.54) is 28.5 Å². The minimum absolute atomic E-state index is 0.176. The van der Waals surface area contributed by atoms with E-state index < -0.39 is 0 Å². The average Bonchev–Trinajstić information content (AvgIpc) is 2.63. The smallest absolute Gasteiger partial charge is 0.251 e. The summed E-state index contributed by atoms with van der Waals surface area (Å²) >= 11 is 0. The first-order chi connectivity index (χ1) is 12.5. The molecule has 0 saturated carbocycles. The second kappa shape index (κ2) is 8.11. The minimum atomic E-state index is -0.286. The maximum Gasteiger partial charge on any atom is 0.251 e. The largest absolute Gasteiger partial charge is 0.352 e. The van der Waals surface area contributed by atoms with Gasteiger partial charge in [-0.2, -0.15) is 0 Å². The number of rotatable bonds is 6. The van der Waals surface area contributed by atoms with Crippen LogP contribution in [0.1, 0.15) is 21.5 Å². The number of carbonyl (C=O) groups excluding carboxylic acids is 1. The zero-order valence-electron chi connectivity index (χ0n) is 15.1. The summed E-state index contributed by atoms with van der Waals surface area (Å²) in [5, 5.41) is 5.34. The van der Waals surface area contributed by atoms with Gasteiger partial charge in [0.15, 0.2) is 0 Å². The van der Waals surface area contributed by atoms with Crippen molar-refractivity contribution in [2.45, 2.75) is 13.0 Å². The Morgan fingerprint density at radius 1 is 1.00 bits per heavy atom. The average molecular weight is 350 g/mol. The Labute approximate surface area is 153 Å². The van der Waals surface area contributed by atoms with Gasteiger partial charge in [0.1, 0.15) is 5.82 Å². The maximum atomic E-state index is 13.9. The van der Waals surface area contributed by atoms with E-state index in [9.17, 15) is 9.18 Å². The Hall–Kier alpha value is -2.72. The lowest BCUT2D eigenvalue weighted by atomic mass is 10.0. The molecule has 0 bridgehead atoms. The second-order valence-electron chi connectivity index (χ2n) is 6.69. The van der Waals surface area contributed by atoms with Gasteiger partial charge in [0, 0.05) is 24.2 Å². The van der Waals surface area contributed by atoms with E-state index in [0.717, 1.165) is 6.42 Å². The predicted molar refractivity (Wildman–Crippen MR) is 104 cm³/mol. The van der Waals surface area contributed by atoms with E-state index in [1.807, 2.05) is 37.2 Å². The normalized spacial score (nSPS) is 11.1. The standard InChI is InChI=1S/C22H23FN2O/c1-25(2)15-19-14-18(10-11-21(19)23)22(26)24-13-12-17-8-5-7-16-6-3-4-9-20(16)17/h3-11,14H,12-13,15H2,1-2H3,(H,24,26). The van der Waals surface area contributed by atoms with E-state index in [1.54, 1.807) is 6.07 Å². The topological polar surface area (TPSA) is 32.3 Å². The molecule has 0 radical (unpaired) electrons. The zero-order chi connectivity index (χ0) is 18.5. The first-order valence-corrected chi connectivity index (χ1v) is 8.72. The summed E-state index contributed by atoms with van der Waals surface area (Å²) in [5.41, 5.74) is 2.22. The van der Waals surface area contributed by atoms with Crippen LogP contribution in [-0.2, 0) is 13.0 Å². The molecule has 3 aromatic rings.